The molecule has 0 aliphatic rings. The third-order valence-electron chi connectivity index (χ3n) is 4.33. The molecule has 2 heterocycles. The van der Waals surface area contributed by atoms with Gasteiger partial charge >= 0.3 is 11.6 Å². The lowest BCUT2D eigenvalue weighted by molar-refractivity contribution is 0.0467. The number of esters is 1. The normalized spacial score (nSPS) is 10.9. The smallest absolute Gasteiger partial charge is 0.351 e. The Morgan fingerprint density at radius 3 is 2.64 bits per heavy atom. The van der Waals surface area contributed by atoms with E-state index in [1.165, 1.54) is 6.07 Å². The van der Waals surface area contributed by atoms with Crippen molar-refractivity contribution in [2.75, 3.05) is 0 Å². The van der Waals surface area contributed by atoms with Crippen molar-refractivity contribution >= 4 is 28.5 Å². The quantitative estimate of drug-likeness (QED) is 0.381. The van der Waals surface area contributed by atoms with Crippen molar-refractivity contribution in [3.8, 4) is 5.69 Å². The molecule has 0 saturated heterocycles. The van der Waals surface area contributed by atoms with Crippen LogP contribution in [0, 0.1) is 6.92 Å². The van der Waals surface area contributed by atoms with Crippen molar-refractivity contribution in [1.82, 2.24) is 9.78 Å². The van der Waals surface area contributed by atoms with E-state index in [1.54, 1.807) is 35.9 Å². The molecule has 0 bridgehead atoms. The van der Waals surface area contributed by atoms with E-state index in [0.29, 0.717) is 27.4 Å². The first-order valence-corrected chi connectivity index (χ1v) is 8.92. The summed E-state index contributed by atoms with van der Waals surface area (Å²) in [6.07, 6.45) is 0. The molecule has 0 aliphatic carbocycles. The van der Waals surface area contributed by atoms with E-state index in [1.807, 2.05) is 30.3 Å². The molecule has 0 fully saturated rings. The molecule has 6 nitrogen and oxygen atoms in total. The third-order valence-corrected chi connectivity index (χ3v) is 4.72. The Bertz CT molecular complexity index is 1230. The van der Waals surface area contributed by atoms with Gasteiger partial charge < -0.3 is 9.15 Å². The maximum atomic E-state index is 12.4. The number of nitrogens with zero attached hydrogens (tertiary/aromatic N) is 2. The van der Waals surface area contributed by atoms with E-state index in [0.717, 1.165) is 5.69 Å². The Morgan fingerprint density at radius 2 is 1.86 bits per heavy atom. The molecule has 0 saturated carbocycles. The average molecular weight is 395 g/mol. The van der Waals surface area contributed by atoms with Gasteiger partial charge in [-0.25, -0.2) is 14.3 Å². The minimum Gasteiger partial charge on any atom is -0.457 e. The Hall–Kier alpha value is -3.38. The number of para-hydroxylation sites is 2. The summed E-state index contributed by atoms with van der Waals surface area (Å²) in [4.78, 5) is 24.5. The number of aromatic nitrogens is 2. The first-order chi connectivity index (χ1) is 13.5. The molecule has 0 amide bonds. The van der Waals surface area contributed by atoms with E-state index in [2.05, 4.69) is 5.10 Å². The highest BCUT2D eigenvalue weighted by atomic mass is 35.5. The number of hydrogen-bond donors (Lipinski definition) is 0. The van der Waals surface area contributed by atoms with Crippen LogP contribution in [-0.4, -0.2) is 15.7 Å². The lowest BCUT2D eigenvalue weighted by atomic mass is 10.2. The minimum absolute atomic E-state index is 0.109. The van der Waals surface area contributed by atoms with Gasteiger partial charge in [-0.05, 0) is 31.2 Å². The predicted octanol–water partition coefficient (Wildman–Crippen LogP) is 4.30. The zero-order valence-corrected chi connectivity index (χ0v) is 15.6. The van der Waals surface area contributed by atoms with E-state index < -0.39 is 11.6 Å². The number of carbonyl (C=O) groups excluding carboxylic acids is 1. The van der Waals surface area contributed by atoms with Gasteiger partial charge in [-0.1, -0.05) is 48.0 Å². The summed E-state index contributed by atoms with van der Waals surface area (Å²) in [5.41, 5.74) is 1.50. The molecule has 4 aromatic rings. The number of carbonyl (C=O) groups is 1. The monoisotopic (exact) mass is 394 g/mol. The Morgan fingerprint density at radius 1 is 1.14 bits per heavy atom. The first kappa shape index (κ1) is 18.0. The van der Waals surface area contributed by atoms with Gasteiger partial charge in [-0.3, -0.25) is 0 Å². The Labute approximate surface area is 164 Å². The van der Waals surface area contributed by atoms with Crippen LogP contribution in [0.15, 0.2) is 69.9 Å². The number of halogens is 1. The maximum absolute atomic E-state index is 12.4. The molecule has 0 spiro atoms. The van der Waals surface area contributed by atoms with E-state index in [-0.39, 0.29) is 12.2 Å². The molecule has 0 radical (unpaired) electrons. The highest BCUT2D eigenvalue weighted by Crippen LogP contribution is 2.24. The van der Waals surface area contributed by atoms with Crippen LogP contribution in [-0.2, 0) is 11.3 Å². The van der Waals surface area contributed by atoms with E-state index >= 15 is 0 Å². The molecule has 2 aromatic carbocycles. The lowest BCUT2D eigenvalue weighted by Gasteiger charge is -2.06. The number of rotatable bonds is 4. The fourth-order valence-corrected chi connectivity index (χ4v) is 3.18. The van der Waals surface area contributed by atoms with Crippen molar-refractivity contribution in [2.45, 2.75) is 13.5 Å². The van der Waals surface area contributed by atoms with Gasteiger partial charge in [-0.2, -0.15) is 5.10 Å². The van der Waals surface area contributed by atoms with Crippen LogP contribution < -0.4 is 5.63 Å². The summed E-state index contributed by atoms with van der Waals surface area (Å²) in [7, 11) is 0. The molecular weight excluding hydrogens is 380 g/mol. The van der Waals surface area contributed by atoms with Crippen LogP contribution in [0.25, 0.3) is 16.7 Å². The van der Waals surface area contributed by atoms with Gasteiger partial charge in [0.05, 0.1) is 11.4 Å². The summed E-state index contributed by atoms with van der Waals surface area (Å²) < 4.78 is 12.1. The maximum Gasteiger partial charge on any atom is 0.351 e. The van der Waals surface area contributed by atoms with E-state index in [4.69, 9.17) is 20.8 Å². The number of hydrogen-bond acceptors (Lipinski definition) is 5. The second-order valence-electron chi connectivity index (χ2n) is 6.16. The largest absolute Gasteiger partial charge is 0.457 e. The summed E-state index contributed by atoms with van der Waals surface area (Å²) >= 11 is 6.43. The molecule has 2 aromatic heterocycles. The van der Waals surface area contributed by atoms with Gasteiger partial charge in [0.2, 0.25) is 0 Å². The van der Waals surface area contributed by atoms with Gasteiger partial charge in [0.15, 0.2) is 0 Å². The third kappa shape index (κ3) is 3.30. The van der Waals surface area contributed by atoms with Crippen LogP contribution in [0.4, 0.5) is 0 Å². The van der Waals surface area contributed by atoms with Gasteiger partial charge in [-0.15, -0.1) is 0 Å². The second kappa shape index (κ2) is 7.32. The summed E-state index contributed by atoms with van der Waals surface area (Å²) in [6.45, 7) is 1.67. The summed E-state index contributed by atoms with van der Waals surface area (Å²) in [5.74, 6) is -0.776. The van der Waals surface area contributed by atoms with Crippen molar-refractivity contribution in [3.05, 3.63) is 93.1 Å². The highest BCUT2D eigenvalue weighted by Gasteiger charge is 2.19. The van der Waals surface area contributed by atoms with Crippen molar-refractivity contribution < 1.29 is 13.9 Å². The van der Waals surface area contributed by atoms with Crippen LogP contribution in [0.3, 0.4) is 0 Å². The number of fused-ring (bicyclic) bond motifs is 1. The molecule has 0 N–H and O–H groups in total. The Balaban J connectivity index is 1.58. The highest BCUT2D eigenvalue weighted by molar-refractivity contribution is 6.30. The zero-order chi connectivity index (χ0) is 19.7. The zero-order valence-electron chi connectivity index (χ0n) is 14.9. The lowest BCUT2D eigenvalue weighted by Crippen LogP contribution is -2.16. The number of benzene rings is 2. The van der Waals surface area contributed by atoms with Crippen molar-refractivity contribution in [3.63, 3.8) is 0 Å². The van der Waals surface area contributed by atoms with E-state index in [9.17, 15) is 9.59 Å². The fourth-order valence-electron chi connectivity index (χ4n) is 2.86. The molecule has 0 unspecified atom stereocenters. The summed E-state index contributed by atoms with van der Waals surface area (Å²) in [6, 6.07) is 17.8. The van der Waals surface area contributed by atoms with Crippen LogP contribution >= 0.6 is 11.6 Å². The van der Waals surface area contributed by atoms with Crippen LogP contribution in [0.2, 0.25) is 5.15 Å². The van der Waals surface area contributed by atoms with Crippen LogP contribution in [0.1, 0.15) is 21.6 Å². The van der Waals surface area contributed by atoms with Gasteiger partial charge in [0.25, 0.3) is 0 Å². The molecule has 0 atom stereocenters. The molecule has 7 heteroatoms. The van der Waals surface area contributed by atoms with Crippen molar-refractivity contribution in [2.24, 2.45) is 0 Å². The Kier molecular flexibility index (Phi) is 4.71. The topological polar surface area (TPSA) is 74.3 Å². The molecule has 140 valence electrons. The standard InChI is InChI=1S/C21H15ClN2O4/c1-13-17(19(22)24(23-13)15-8-3-2-4-9-15)12-27-20(25)16-11-14-7-5-6-10-18(14)28-21(16)26/h2-11H,12H2,1H3. The molecule has 28 heavy (non-hydrogen) atoms. The SMILES string of the molecule is Cc1nn(-c2ccccc2)c(Cl)c1COC(=O)c1cc2ccccc2oc1=O. The molecule has 4 rings (SSSR count). The molecular formula is C21H15ClN2O4. The van der Waals surface area contributed by atoms with Gasteiger partial charge in [0.1, 0.15) is 22.9 Å². The number of aryl methyl sites for hydroxylation is 1. The number of ether oxygens (including phenoxy) is 1. The average Bonchev–Trinajstić information content (AvgIpc) is 3.00. The summed E-state index contributed by atoms with van der Waals surface area (Å²) in [5, 5.41) is 5.39. The predicted molar refractivity (Wildman–Crippen MR) is 105 cm³/mol. The minimum atomic E-state index is -0.776. The van der Waals surface area contributed by atoms with Gasteiger partial charge in [0, 0.05) is 10.9 Å². The van der Waals surface area contributed by atoms with Crippen molar-refractivity contribution in [1.29, 1.82) is 0 Å². The first-order valence-electron chi connectivity index (χ1n) is 8.54. The van der Waals surface area contributed by atoms with Crippen LogP contribution in [0.5, 0.6) is 0 Å². The fraction of sp³-hybridized carbons (Fsp3) is 0.0952. The molecule has 0 aliphatic heterocycles. The second-order valence-corrected chi connectivity index (χ2v) is 6.52.